The molecule has 0 aliphatic rings. The minimum atomic E-state index is -5.03. The van der Waals surface area contributed by atoms with Crippen molar-refractivity contribution < 1.29 is 80.2 Å². The number of unbranched alkanes of at least 4 members (excludes halogenated alkanes) is 9. The number of aliphatic hydroxyl groups excluding tert-OH is 1. The van der Waals surface area contributed by atoms with Gasteiger partial charge in [-0.25, -0.2) is 9.13 Å². The van der Waals surface area contributed by atoms with Crippen LogP contribution in [-0.2, 0) is 65.4 Å². The normalized spacial score (nSPS) is 15.1. The summed E-state index contributed by atoms with van der Waals surface area (Å²) < 4.78 is 67.9. The first-order valence-corrected chi connectivity index (χ1v) is 38.0. The van der Waals surface area contributed by atoms with Crippen LogP contribution in [0.3, 0.4) is 0 Å². The van der Waals surface area contributed by atoms with E-state index in [-0.39, 0.29) is 25.7 Å². The van der Waals surface area contributed by atoms with Crippen molar-refractivity contribution in [3.8, 4) is 0 Å². The molecule has 3 N–H and O–H groups in total. The maximum absolute atomic E-state index is 13.0. The highest BCUT2D eigenvalue weighted by molar-refractivity contribution is 7.47. The number of hydrogen-bond acceptors (Lipinski definition) is 15. The smallest absolute Gasteiger partial charge is 0.462 e. The van der Waals surface area contributed by atoms with Crippen LogP contribution in [0, 0.1) is 0 Å². The van der Waals surface area contributed by atoms with Crippen molar-refractivity contribution in [3.63, 3.8) is 0 Å². The van der Waals surface area contributed by atoms with Gasteiger partial charge in [0.2, 0.25) is 0 Å². The summed E-state index contributed by atoms with van der Waals surface area (Å²) in [5, 5.41) is 10.6. The van der Waals surface area contributed by atoms with Gasteiger partial charge in [-0.15, -0.1) is 0 Å². The van der Waals surface area contributed by atoms with Crippen molar-refractivity contribution in [2.45, 2.75) is 239 Å². The van der Waals surface area contributed by atoms with E-state index >= 15 is 0 Å². The number of esters is 4. The molecule has 0 saturated heterocycles. The molecule has 0 aliphatic carbocycles. The molecule has 0 aliphatic heterocycles. The SMILES string of the molecule is CC/C=C\C/C=C\C/C=C\C/C=C\C/C=C\CC(=O)OCC(COP(=O)(O)OCC(O)COP(=O)(O)OCC(COC(=O)CCCC/C=C\C/C=C\C/C=C\C/C=C\CC)OC(=O)CCCCCCC/C=C\CCCC)OC(=O)C/C=C\C/C=C\C/C=C\C/C=C\C/C=C\CC. The zero-order chi connectivity index (χ0) is 70.4. The molecule has 0 radical (unpaired) electrons. The molecule has 0 aromatic carbocycles. The van der Waals surface area contributed by atoms with Crippen molar-refractivity contribution in [2.24, 2.45) is 0 Å². The summed E-state index contributed by atoms with van der Waals surface area (Å²) in [5.41, 5.74) is 0. The molecule has 540 valence electrons. The third-order valence-electron chi connectivity index (χ3n) is 13.4. The van der Waals surface area contributed by atoms with E-state index in [2.05, 4.69) is 161 Å². The van der Waals surface area contributed by atoms with Gasteiger partial charge in [0.1, 0.15) is 19.3 Å². The Kier molecular flexibility index (Phi) is 63.6. The minimum Gasteiger partial charge on any atom is -0.462 e. The number of hydrogen-bond donors (Lipinski definition) is 3. The molecule has 0 aromatic rings. The van der Waals surface area contributed by atoms with Gasteiger partial charge in [-0.3, -0.25) is 37.3 Å². The maximum atomic E-state index is 13.0. The second kappa shape index (κ2) is 67.7. The molecule has 0 fully saturated rings. The predicted molar refractivity (Wildman–Crippen MR) is 389 cm³/mol. The van der Waals surface area contributed by atoms with Crippen LogP contribution in [0.1, 0.15) is 220 Å². The van der Waals surface area contributed by atoms with E-state index < -0.39 is 97.5 Å². The Balaban J connectivity index is 5.54. The van der Waals surface area contributed by atoms with Crippen LogP contribution in [0.4, 0.5) is 0 Å². The van der Waals surface area contributed by atoms with Gasteiger partial charge >= 0.3 is 39.5 Å². The van der Waals surface area contributed by atoms with Crippen molar-refractivity contribution in [2.75, 3.05) is 39.6 Å². The summed E-state index contributed by atoms with van der Waals surface area (Å²) in [6.45, 7) is 4.12. The van der Waals surface area contributed by atoms with Gasteiger partial charge in [-0.05, 0) is 135 Å². The lowest BCUT2D eigenvalue weighted by atomic mass is 10.1. The van der Waals surface area contributed by atoms with Crippen LogP contribution >= 0.6 is 15.6 Å². The highest BCUT2D eigenvalue weighted by Crippen LogP contribution is 2.45. The van der Waals surface area contributed by atoms with Crippen LogP contribution in [-0.4, -0.2) is 96.7 Å². The summed E-state index contributed by atoms with van der Waals surface area (Å²) in [4.78, 5) is 72.4. The van der Waals surface area contributed by atoms with Gasteiger partial charge in [0.05, 0.1) is 39.3 Å². The predicted octanol–water partition coefficient (Wildman–Crippen LogP) is 19.7. The molecule has 19 heteroatoms. The number of carbonyl (C=O) groups excluding carboxylic acids is 4. The zero-order valence-corrected chi connectivity index (χ0v) is 60.2. The lowest BCUT2D eigenvalue weighted by Crippen LogP contribution is -2.30. The van der Waals surface area contributed by atoms with E-state index in [9.17, 15) is 43.2 Å². The molecule has 5 unspecified atom stereocenters. The Bertz CT molecular complexity index is 2540. The highest BCUT2D eigenvalue weighted by Gasteiger charge is 2.30. The zero-order valence-electron chi connectivity index (χ0n) is 58.5. The van der Waals surface area contributed by atoms with E-state index in [1.54, 1.807) is 24.3 Å². The van der Waals surface area contributed by atoms with Gasteiger partial charge in [0, 0.05) is 12.8 Å². The standard InChI is InChI=1S/C77H120O17P2/c1-5-9-13-17-21-25-29-32-35-38-42-45-49-53-57-61-74(79)87-67-72(93-76(81)63-59-55-51-47-41-28-24-20-16-12-8-4)69-91-95(83,84)89-65-71(78)66-90-96(85,86)92-70-73(94-77(82)64-60-56-52-48-44-40-37-34-31-27-23-19-15-11-7-3)68-88-75(80)62-58-54-50-46-43-39-36-33-30-26-22-18-14-10-6-2/h9-11,13-15,20-27,32-37,42-46,48,54,56,58,60,71-73,78H,5-8,12,16-19,28-31,38-41,47,49-53,55,57,59,61-70H2,1-4H3,(H,83,84)(H,85,86)/b13-9-,14-10-,15-11-,24-20-,25-21-,26-22-,27-23-,35-32-,36-33-,37-34-,45-42-,46-43-,48-44-,58-54-,60-56-. The number of ether oxygens (including phenoxy) is 4. The quantitative estimate of drug-likeness (QED) is 0.0169. The Morgan fingerprint density at radius 1 is 0.312 bits per heavy atom. The number of allylic oxidation sites excluding steroid dienone is 28. The Labute approximate surface area is 577 Å². The Morgan fingerprint density at radius 3 is 1.00 bits per heavy atom. The fourth-order valence-corrected chi connectivity index (χ4v) is 9.74. The molecule has 0 spiro atoms. The van der Waals surface area contributed by atoms with Crippen molar-refractivity contribution in [1.82, 2.24) is 0 Å². The fourth-order valence-electron chi connectivity index (χ4n) is 8.16. The minimum absolute atomic E-state index is 0.0636. The molecule has 0 heterocycles. The maximum Gasteiger partial charge on any atom is 0.472 e. The number of phosphoric ester groups is 2. The second-order valence-corrected chi connectivity index (χ2v) is 25.3. The topological polar surface area (TPSA) is 237 Å². The molecule has 5 atom stereocenters. The fraction of sp³-hybridized carbons (Fsp3) is 0.558. The van der Waals surface area contributed by atoms with Crippen molar-refractivity contribution >= 4 is 39.5 Å². The molecule has 0 saturated carbocycles. The van der Waals surface area contributed by atoms with Crippen LogP contribution < -0.4 is 0 Å². The summed E-state index contributed by atoms with van der Waals surface area (Å²) in [5.74, 6) is -2.56. The third kappa shape index (κ3) is 66.8. The largest absolute Gasteiger partial charge is 0.472 e. The van der Waals surface area contributed by atoms with Gasteiger partial charge in [0.25, 0.3) is 0 Å². The van der Waals surface area contributed by atoms with Crippen molar-refractivity contribution in [1.29, 1.82) is 0 Å². The molecule has 0 aromatic heterocycles. The first-order chi connectivity index (χ1) is 46.7. The lowest BCUT2D eigenvalue weighted by molar-refractivity contribution is -0.161. The first-order valence-electron chi connectivity index (χ1n) is 35.0. The van der Waals surface area contributed by atoms with Crippen LogP contribution in [0.25, 0.3) is 0 Å². The Hall–Kier alpha value is -5.84. The Morgan fingerprint density at radius 2 is 0.594 bits per heavy atom. The van der Waals surface area contributed by atoms with E-state index in [0.29, 0.717) is 25.7 Å². The molecule has 0 rings (SSSR count). The van der Waals surface area contributed by atoms with Crippen LogP contribution in [0.2, 0.25) is 0 Å². The van der Waals surface area contributed by atoms with Gasteiger partial charge in [0.15, 0.2) is 12.2 Å². The molecular formula is C77H120O17P2. The average Bonchev–Trinajstić information content (AvgIpc) is 1.09. The summed E-state index contributed by atoms with van der Waals surface area (Å²) in [7, 11) is -10.0. The van der Waals surface area contributed by atoms with E-state index in [0.717, 1.165) is 135 Å². The van der Waals surface area contributed by atoms with Gasteiger partial charge in [-0.2, -0.15) is 0 Å². The third-order valence-corrected chi connectivity index (χ3v) is 15.3. The monoisotopic (exact) mass is 1380 g/mol. The molecule has 17 nitrogen and oxygen atoms in total. The van der Waals surface area contributed by atoms with E-state index in [4.69, 9.17) is 37.0 Å². The van der Waals surface area contributed by atoms with Crippen LogP contribution in [0.15, 0.2) is 182 Å². The second-order valence-electron chi connectivity index (χ2n) is 22.4. The first kappa shape index (κ1) is 90.2. The highest BCUT2D eigenvalue weighted by atomic mass is 31.2. The number of phosphoric acid groups is 2. The molecule has 0 bridgehead atoms. The van der Waals surface area contributed by atoms with Crippen LogP contribution in [0.5, 0.6) is 0 Å². The van der Waals surface area contributed by atoms with Crippen molar-refractivity contribution in [3.05, 3.63) is 182 Å². The van der Waals surface area contributed by atoms with Gasteiger partial charge in [-0.1, -0.05) is 242 Å². The molecule has 0 amide bonds. The summed E-state index contributed by atoms with van der Waals surface area (Å²) in [6.07, 6.45) is 79.8. The average molecular weight is 1380 g/mol. The number of aliphatic hydroxyl groups is 1. The summed E-state index contributed by atoms with van der Waals surface area (Å²) in [6, 6.07) is 0. The summed E-state index contributed by atoms with van der Waals surface area (Å²) >= 11 is 0. The van der Waals surface area contributed by atoms with E-state index in [1.807, 2.05) is 24.3 Å². The molecular weight excluding hydrogens is 1260 g/mol. The number of carbonyl (C=O) groups is 4. The van der Waals surface area contributed by atoms with Gasteiger partial charge < -0.3 is 33.8 Å². The number of rotatable bonds is 63. The lowest BCUT2D eigenvalue weighted by Gasteiger charge is -2.21. The van der Waals surface area contributed by atoms with E-state index in [1.165, 1.54) is 6.42 Å². The molecule has 96 heavy (non-hydrogen) atoms.